The first kappa shape index (κ1) is 20.1. The molecule has 27 heavy (non-hydrogen) atoms. The van der Waals surface area contributed by atoms with Gasteiger partial charge in [0.25, 0.3) is 5.91 Å². The first-order valence-electron chi connectivity index (χ1n) is 8.64. The van der Waals surface area contributed by atoms with Gasteiger partial charge in [0.15, 0.2) is 9.84 Å². The minimum Gasteiger partial charge on any atom is -0.333 e. The van der Waals surface area contributed by atoms with Gasteiger partial charge in [-0.25, -0.2) is 8.42 Å². The van der Waals surface area contributed by atoms with Crippen molar-refractivity contribution < 1.29 is 13.2 Å². The third-order valence-corrected chi connectivity index (χ3v) is 7.44. The minimum atomic E-state index is -3.79. The summed E-state index contributed by atoms with van der Waals surface area (Å²) in [6, 6.07) is 6.44. The predicted octanol–water partition coefficient (Wildman–Crippen LogP) is 4.38. The zero-order valence-electron chi connectivity index (χ0n) is 15.0. The molecular formula is C19H20Cl2N2O3S. The highest BCUT2D eigenvalue weighted by Gasteiger charge is 2.32. The minimum absolute atomic E-state index is 0.0717. The van der Waals surface area contributed by atoms with Crippen LogP contribution < -0.4 is 0 Å². The van der Waals surface area contributed by atoms with E-state index in [1.54, 1.807) is 12.1 Å². The summed E-state index contributed by atoms with van der Waals surface area (Å²) in [5, 5.41) is 0.143. The normalized spacial score (nSPS) is 20.1. The van der Waals surface area contributed by atoms with Crippen LogP contribution in [-0.4, -0.2) is 36.3 Å². The fraction of sp³-hybridized carbons (Fsp3) is 0.368. The van der Waals surface area contributed by atoms with Gasteiger partial charge in [-0.3, -0.25) is 9.78 Å². The van der Waals surface area contributed by atoms with Crippen molar-refractivity contribution in [2.24, 2.45) is 0 Å². The molecule has 0 saturated carbocycles. The van der Waals surface area contributed by atoms with E-state index in [-0.39, 0.29) is 38.7 Å². The van der Waals surface area contributed by atoms with Gasteiger partial charge in [-0.15, -0.1) is 0 Å². The molecule has 0 N–H and O–H groups in total. The van der Waals surface area contributed by atoms with Gasteiger partial charge in [0.05, 0.1) is 21.4 Å². The molecule has 5 nitrogen and oxygen atoms in total. The first-order valence-corrected chi connectivity index (χ1v) is 11.0. The van der Waals surface area contributed by atoms with E-state index in [1.807, 2.05) is 18.7 Å². The van der Waals surface area contributed by atoms with Gasteiger partial charge in [0.2, 0.25) is 0 Å². The molecule has 2 unspecified atom stereocenters. The van der Waals surface area contributed by atoms with E-state index in [0.717, 1.165) is 12.8 Å². The maximum Gasteiger partial charge on any atom is 0.255 e. The number of pyridine rings is 1. The largest absolute Gasteiger partial charge is 0.333 e. The molecule has 0 bridgehead atoms. The van der Waals surface area contributed by atoms with E-state index in [1.165, 1.54) is 24.5 Å². The lowest BCUT2D eigenvalue weighted by Gasteiger charge is -2.26. The number of aromatic nitrogens is 1. The topological polar surface area (TPSA) is 67.3 Å². The third kappa shape index (κ3) is 4.13. The van der Waals surface area contributed by atoms with E-state index in [2.05, 4.69) is 4.98 Å². The molecule has 1 aromatic heterocycles. The Balaban J connectivity index is 1.89. The molecule has 1 aliphatic rings. The van der Waals surface area contributed by atoms with Crippen LogP contribution in [-0.2, 0) is 15.6 Å². The summed E-state index contributed by atoms with van der Waals surface area (Å²) >= 11 is 12.1. The second-order valence-electron chi connectivity index (χ2n) is 6.88. The van der Waals surface area contributed by atoms with Crippen LogP contribution in [0.3, 0.4) is 0 Å². The number of benzene rings is 1. The highest BCUT2D eigenvalue weighted by atomic mass is 35.5. The number of hydrogen-bond donors (Lipinski definition) is 0. The van der Waals surface area contributed by atoms with E-state index in [9.17, 15) is 13.2 Å². The van der Waals surface area contributed by atoms with Crippen LogP contribution in [0.1, 0.15) is 42.6 Å². The van der Waals surface area contributed by atoms with Crippen LogP contribution in [0.4, 0.5) is 0 Å². The highest BCUT2D eigenvalue weighted by molar-refractivity contribution is 7.90. The Morgan fingerprint density at radius 2 is 1.74 bits per heavy atom. The van der Waals surface area contributed by atoms with Crippen LogP contribution >= 0.6 is 23.2 Å². The van der Waals surface area contributed by atoms with Crippen molar-refractivity contribution in [3.8, 4) is 0 Å². The van der Waals surface area contributed by atoms with Gasteiger partial charge in [-0.1, -0.05) is 29.3 Å². The summed E-state index contributed by atoms with van der Waals surface area (Å²) < 4.78 is 25.6. The summed E-state index contributed by atoms with van der Waals surface area (Å²) in [5.74, 6) is -0.467. The molecule has 144 valence electrons. The van der Waals surface area contributed by atoms with Gasteiger partial charge in [-0.2, -0.15) is 0 Å². The van der Waals surface area contributed by atoms with Crippen molar-refractivity contribution in [1.29, 1.82) is 0 Å². The number of nitrogens with zero attached hydrogens (tertiary/aromatic N) is 2. The Bertz CT molecular complexity index is 948. The third-order valence-electron chi connectivity index (χ3n) is 4.81. The van der Waals surface area contributed by atoms with E-state index in [4.69, 9.17) is 23.2 Å². The quantitative estimate of drug-likeness (QED) is 0.727. The smallest absolute Gasteiger partial charge is 0.255 e. The Kier molecular flexibility index (Phi) is 5.79. The lowest BCUT2D eigenvalue weighted by atomic mass is 10.2. The summed E-state index contributed by atoms with van der Waals surface area (Å²) in [6.45, 7) is 4.03. The molecule has 1 aromatic carbocycles. The van der Waals surface area contributed by atoms with Crippen molar-refractivity contribution in [2.75, 3.05) is 0 Å². The Morgan fingerprint density at radius 3 is 2.33 bits per heavy atom. The van der Waals surface area contributed by atoms with Gasteiger partial charge in [0.1, 0.15) is 4.90 Å². The van der Waals surface area contributed by atoms with Crippen LogP contribution in [0.25, 0.3) is 0 Å². The van der Waals surface area contributed by atoms with Crippen molar-refractivity contribution >= 4 is 38.9 Å². The van der Waals surface area contributed by atoms with Gasteiger partial charge >= 0.3 is 0 Å². The maximum atomic E-state index is 12.9. The van der Waals surface area contributed by atoms with E-state index < -0.39 is 9.84 Å². The maximum absolute atomic E-state index is 12.9. The number of likely N-dealkylation sites (tertiary alicyclic amines) is 1. The second kappa shape index (κ2) is 7.78. The fourth-order valence-electron chi connectivity index (χ4n) is 3.50. The van der Waals surface area contributed by atoms with Crippen molar-refractivity contribution in [2.45, 2.75) is 49.4 Å². The standard InChI is InChI=1S/C19H20Cl2N2O3S/c1-12-6-7-13(2)23(12)19(24)15-8-14(9-22-10-15)11-27(25,26)18-16(20)4-3-5-17(18)21/h3-5,8-10,12-13H,6-7,11H2,1-2H3. The van der Waals surface area contributed by atoms with Gasteiger partial charge < -0.3 is 4.90 Å². The second-order valence-corrected chi connectivity index (χ2v) is 9.62. The zero-order valence-corrected chi connectivity index (χ0v) is 17.4. The van der Waals surface area contributed by atoms with Crippen LogP contribution in [0, 0.1) is 0 Å². The Labute approximate surface area is 169 Å². The summed E-state index contributed by atoms with van der Waals surface area (Å²) in [7, 11) is -3.79. The molecule has 0 spiro atoms. The monoisotopic (exact) mass is 426 g/mol. The van der Waals surface area contributed by atoms with Crippen molar-refractivity contribution in [1.82, 2.24) is 9.88 Å². The molecule has 1 fully saturated rings. The molecule has 2 aromatic rings. The SMILES string of the molecule is CC1CCC(C)N1C(=O)c1cncc(CS(=O)(=O)c2c(Cl)cccc2Cl)c1. The Hall–Kier alpha value is -1.63. The number of rotatable bonds is 4. The van der Waals surface area contributed by atoms with E-state index in [0.29, 0.717) is 11.1 Å². The van der Waals surface area contributed by atoms with Crippen molar-refractivity contribution in [3.63, 3.8) is 0 Å². The first-order chi connectivity index (χ1) is 12.7. The molecule has 2 heterocycles. The molecule has 1 saturated heterocycles. The predicted molar refractivity (Wildman–Crippen MR) is 106 cm³/mol. The average molecular weight is 427 g/mol. The van der Waals surface area contributed by atoms with Crippen LogP contribution in [0.5, 0.6) is 0 Å². The van der Waals surface area contributed by atoms with Crippen LogP contribution in [0.2, 0.25) is 10.0 Å². The summed E-state index contributed by atoms with van der Waals surface area (Å²) in [5.41, 5.74) is 0.796. The lowest BCUT2D eigenvalue weighted by molar-refractivity contribution is 0.0692. The number of amides is 1. The summed E-state index contributed by atoms with van der Waals surface area (Å²) in [6.07, 6.45) is 4.83. The summed E-state index contributed by atoms with van der Waals surface area (Å²) in [4.78, 5) is 18.7. The van der Waals surface area contributed by atoms with Crippen LogP contribution in [0.15, 0.2) is 41.6 Å². The van der Waals surface area contributed by atoms with Crippen molar-refractivity contribution in [3.05, 3.63) is 57.8 Å². The molecule has 8 heteroatoms. The molecule has 1 amide bonds. The zero-order chi connectivity index (χ0) is 19.8. The highest BCUT2D eigenvalue weighted by Crippen LogP contribution is 2.31. The van der Waals surface area contributed by atoms with Gasteiger partial charge in [0, 0.05) is 24.5 Å². The number of carbonyl (C=O) groups excluding carboxylic acids is 1. The number of halogens is 2. The Morgan fingerprint density at radius 1 is 1.15 bits per heavy atom. The molecule has 2 atom stereocenters. The number of carbonyl (C=O) groups is 1. The number of sulfone groups is 1. The lowest BCUT2D eigenvalue weighted by Crippen LogP contribution is -2.38. The molecule has 0 radical (unpaired) electrons. The fourth-order valence-corrected chi connectivity index (χ4v) is 6.07. The molecular weight excluding hydrogens is 407 g/mol. The molecule has 0 aliphatic carbocycles. The molecule has 3 rings (SSSR count). The van der Waals surface area contributed by atoms with Gasteiger partial charge in [-0.05, 0) is 50.5 Å². The molecule has 1 aliphatic heterocycles. The van der Waals surface area contributed by atoms with E-state index >= 15 is 0 Å². The average Bonchev–Trinajstić information content (AvgIpc) is 2.92. The number of hydrogen-bond acceptors (Lipinski definition) is 4.